The van der Waals surface area contributed by atoms with Crippen LogP contribution in [0.1, 0.15) is 48.3 Å². The number of hydrogen-bond donors (Lipinski definition) is 2. The minimum absolute atomic E-state index is 0.412. The lowest BCUT2D eigenvalue weighted by atomic mass is 10.0. The molecule has 5 heteroatoms. The normalized spacial score (nSPS) is 22.4. The van der Waals surface area contributed by atoms with Crippen molar-refractivity contribution in [1.82, 2.24) is 15.3 Å². The van der Waals surface area contributed by atoms with E-state index < -0.39 is 5.91 Å². The summed E-state index contributed by atoms with van der Waals surface area (Å²) in [5.41, 5.74) is 4.67. The van der Waals surface area contributed by atoms with Crippen molar-refractivity contribution in [3.05, 3.63) is 71.3 Å². The zero-order chi connectivity index (χ0) is 19.4. The molecule has 2 aromatic rings. The van der Waals surface area contributed by atoms with Crippen LogP contribution in [0, 0.1) is 0 Å². The number of piperazine rings is 1. The fourth-order valence-electron chi connectivity index (χ4n) is 4.00. The van der Waals surface area contributed by atoms with Gasteiger partial charge in [-0.25, -0.2) is 5.48 Å². The van der Waals surface area contributed by atoms with Crippen LogP contribution in [0.2, 0.25) is 0 Å². The number of carbonyl (C=O) groups excluding carboxylic acids is 1. The molecule has 0 saturated carbocycles. The molecule has 144 valence electrons. The number of benzene rings is 2. The van der Waals surface area contributed by atoms with Gasteiger partial charge in [0.2, 0.25) is 0 Å². The third-order valence-electron chi connectivity index (χ3n) is 5.64. The molecule has 27 heavy (non-hydrogen) atoms. The lowest BCUT2D eigenvalue weighted by Crippen LogP contribution is -2.56. The molecule has 1 aliphatic heterocycles. The lowest BCUT2D eigenvalue weighted by Gasteiger charge is -2.46. The third-order valence-corrected chi connectivity index (χ3v) is 5.64. The molecule has 0 bridgehead atoms. The first kappa shape index (κ1) is 19.5. The van der Waals surface area contributed by atoms with Crippen molar-refractivity contribution < 1.29 is 10.0 Å². The van der Waals surface area contributed by atoms with E-state index in [1.54, 1.807) is 17.6 Å². The Kier molecular flexibility index (Phi) is 6.26. The molecule has 3 atom stereocenters. The van der Waals surface area contributed by atoms with Gasteiger partial charge in [0.15, 0.2) is 0 Å². The highest BCUT2D eigenvalue weighted by atomic mass is 16.5. The second-order valence-electron chi connectivity index (χ2n) is 7.55. The standard InChI is InChI=1S/C22H29N3O2/c1-16-13-24(18(3)20-7-5-4-6-8-20)14-17(2)25(16)15-19-9-11-21(12-10-19)22(26)23-27/h4-12,16-18,27H,13-15H2,1-3H3,(H,23,26)/t16-,17+,18?. The van der Waals surface area contributed by atoms with Crippen molar-refractivity contribution in [2.75, 3.05) is 13.1 Å². The number of nitrogens with zero attached hydrogens (tertiary/aromatic N) is 2. The van der Waals surface area contributed by atoms with Gasteiger partial charge in [-0.05, 0) is 44.0 Å². The Balaban J connectivity index is 1.64. The van der Waals surface area contributed by atoms with Crippen molar-refractivity contribution in [2.45, 2.75) is 45.4 Å². The molecule has 0 radical (unpaired) electrons. The molecule has 0 spiro atoms. The predicted molar refractivity (Wildman–Crippen MR) is 107 cm³/mol. The zero-order valence-corrected chi connectivity index (χ0v) is 16.3. The van der Waals surface area contributed by atoms with Crippen molar-refractivity contribution >= 4 is 5.91 Å². The SMILES string of the molecule is CC(c1ccccc1)N1C[C@@H](C)N(Cc2ccc(C(=O)NO)cc2)[C@@H](C)C1. The molecule has 2 N–H and O–H groups in total. The Morgan fingerprint density at radius 1 is 1.07 bits per heavy atom. The summed E-state index contributed by atoms with van der Waals surface area (Å²) in [7, 11) is 0. The van der Waals surface area contributed by atoms with E-state index in [1.807, 2.05) is 12.1 Å². The van der Waals surface area contributed by atoms with Gasteiger partial charge in [0, 0.05) is 43.3 Å². The number of carbonyl (C=O) groups is 1. The highest BCUT2D eigenvalue weighted by Crippen LogP contribution is 2.27. The molecule has 3 rings (SSSR count). The van der Waals surface area contributed by atoms with Gasteiger partial charge in [-0.15, -0.1) is 0 Å². The number of nitrogens with one attached hydrogen (secondary N) is 1. The van der Waals surface area contributed by atoms with E-state index in [-0.39, 0.29) is 0 Å². The largest absolute Gasteiger partial charge is 0.294 e. The van der Waals surface area contributed by atoms with E-state index in [0.717, 1.165) is 19.6 Å². The quantitative estimate of drug-likeness (QED) is 0.628. The summed E-state index contributed by atoms with van der Waals surface area (Å²) in [6, 6.07) is 19.4. The monoisotopic (exact) mass is 367 g/mol. The molecular formula is C22H29N3O2. The zero-order valence-electron chi connectivity index (χ0n) is 16.3. The van der Waals surface area contributed by atoms with Gasteiger partial charge < -0.3 is 0 Å². The Bertz CT molecular complexity index is 736. The van der Waals surface area contributed by atoms with E-state index >= 15 is 0 Å². The molecule has 0 aliphatic carbocycles. The first-order valence-electron chi connectivity index (χ1n) is 9.57. The van der Waals surface area contributed by atoms with Gasteiger partial charge in [-0.1, -0.05) is 42.5 Å². The maximum atomic E-state index is 11.5. The molecule has 1 heterocycles. The van der Waals surface area contributed by atoms with E-state index in [2.05, 4.69) is 60.9 Å². The Morgan fingerprint density at radius 2 is 1.67 bits per heavy atom. The Hall–Kier alpha value is -2.21. The number of hydrogen-bond acceptors (Lipinski definition) is 4. The average molecular weight is 367 g/mol. The maximum absolute atomic E-state index is 11.5. The summed E-state index contributed by atoms with van der Waals surface area (Å²) in [5.74, 6) is -0.480. The Morgan fingerprint density at radius 3 is 2.22 bits per heavy atom. The molecule has 1 aliphatic rings. The maximum Gasteiger partial charge on any atom is 0.274 e. The van der Waals surface area contributed by atoms with Gasteiger partial charge in [-0.2, -0.15) is 0 Å². The third kappa shape index (κ3) is 4.56. The van der Waals surface area contributed by atoms with Gasteiger partial charge in [0.05, 0.1) is 0 Å². The first-order valence-corrected chi connectivity index (χ1v) is 9.57. The average Bonchev–Trinajstić information content (AvgIpc) is 2.70. The van der Waals surface area contributed by atoms with Crippen LogP contribution in [0.15, 0.2) is 54.6 Å². The van der Waals surface area contributed by atoms with E-state index in [0.29, 0.717) is 23.7 Å². The van der Waals surface area contributed by atoms with Crippen LogP contribution in [0.3, 0.4) is 0 Å². The van der Waals surface area contributed by atoms with Crippen molar-refractivity contribution in [3.63, 3.8) is 0 Å². The summed E-state index contributed by atoms with van der Waals surface area (Å²) in [6.45, 7) is 9.78. The summed E-state index contributed by atoms with van der Waals surface area (Å²) in [5, 5.41) is 8.73. The molecular weight excluding hydrogens is 338 g/mol. The molecule has 1 saturated heterocycles. The van der Waals surface area contributed by atoms with Crippen LogP contribution >= 0.6 is 0 Å². The number of rotatable bonds is 5. The fourth-order valence-corrected chi connectivity index (χ4v) is 4.00. The summed E-state index contributed by atoms with van der Waals surface area (Å²) >= 11 is 0. The van der Waals surface area contributed by atoms with Crippen LogP contribution in [0.4, 0.5) is 0 Å². The van der Waals surface area contributed by atoms with Crippen molar-refractivity contribution in [3.8, 4) is 0 Å². The van der Waals surface area contributed by atoms with Gasteiger partial charge in [0.1, 0.15) is 0 Å². The molecule has 1 fully saturated rings. The van der Waals surface area contributed by atoms with E-state index in [1.165, 1.54) is 11.1 Å². The van der Waals surface area contributed by atoms with Gasteiger partial charge in [0.25, 0.3) is 5.91 Å². The van der Waals surface area contributed by atoms with Crippen molar-refractivity contribution in [2.24, 2.45) is 0 Å². The van der Waals surface area contributed by atoms with Gasteiger partial charge in [-0.3, -0.25) is 19.8 Å². The van der Waals surface area contributed by atoms with Gasteiger partial charge >= 0.3 is 0 Å². The highest BCUT2D eigenvalue weighted by molar-refractivity contribution is 5.93. The van der Waals surface area contributed by atoms with Crippen molar-refractivity contribution in [1.29, 1.82) is 0 Å². The predicted octanol–water partition coefficient (Wildman–Crippen LogP) is 3.46. The lowest BCUT2D eigenvalue weighted by molar-refractivity contribution is 0.0143. The van der Waals surface area contributed by atoms with Crippen LogP contribution in [0.5, 0.6) is 0 Å². The van der Waals surface area contributed by atoms with Crippen LogP contribution in [-0.4, -0.2) is 46.1 Å². The summed E-state index contributed by atoms with van der Waals surface area (Å²) < 4.78 is 0. The minimum Gasteiger partial charge on any atom is -0.294 e. The molecule has 2 aromatic carbocycles. The van der Waals surface area contributed by atoms with Crippen LogP contribution in [-0.2, 0) is 6.54 Å². The topological polar surface area (TPSA) is 55.8 Å². The number of amides is 1. The molecule has 0 aromatic heterocycles. The van der Waals surface area contributed by atoms with E-state index in [9.17, 15) is 4.79 Å². The molecule has 1 amide bonds. The molecule has 5 nitrogen and oxygen atoms in total. The smallest absolute Gasteiger partial charge is 0.274 e. The fraction of sp³-hybridized carbons (Fsp3) is 0.409. The van der Waals surface area contributed by atoms with E-state index in [4.69, 9.17) is 5.21 Å². The van der Waals surface area contributed by atoms with Crippen LogP contribution in [0.25, 0.3) is 0 Å². The highest BCUT2D eigenvalue weighted by Gasteiger charge is 2.31. The summed E-state index contributed by atoms with van der Waals surface area (Å²) in [4.78, 5) is 16.5. The summed E-state index contributed by atoms with van der Waals surface area (Å²) in [6.07, 6.45) is 0. The Labute approximate surface area is 161 Å². The van der Waals surface area contributed by atoms with Crippen LogP contribution < -0.4 is 5.48 Å². The second-order valence-corrected chi connectivity index (χ2v) is 7.55. The minimum atomic E-state index is -0.480. The number of hydroxylamine groups is 1. The molecule has 1 unspecified atom stereocenters. The second kappa shape index (κ2) is 8.65. The first-order chi connectivity index (χ1) is 13.0.